The zero-order valence-corrected chi connectivity index (χ0v) is 11.3. The van der Waals surface area contributed by atoms with Crippen molar-refractivity contribution in [1.29, 1.82) is 0 Å². The maximum atomic E-state index is 4.41. The lowest BCUT2D eigenvalue weighted by Gasteiger charge is -2.39. The molecule has 0 aromatic carbocycles. The van der Waals surface area contributed by atoms with E-state index < -0.39 is 0 Å². The molecule has 1 aliphatic carbocycles. The highest BCUT2D eigenvalue weighted by atomic mass is 15.1. The van der Waals surface area contributed by atoms with Gasteiger partial charge in [-0.15, -0.1) is 0 Å². The van der Waals surface area contributed by atoms with Crippen LogP contribution in [0.4, 0.5) is 11.5 Å². The Bertz CT molecular complexity index is 350. The van der Waals surface area contributed by atoms with E-state index in [0.29, 0.717) is 6.04 Å². The highest BCUT2D eigenvalue weighted by Crippen LogP contribution is 2.35. The van der Waals surface area contributed by atoms with Crippen LogP contribution in [-0.4, -0.2) is 25.1 Å². The molecule has 1 heterocycles. The molecule has 0 aliphatic heterocycles. The minimum atomic E-state index is 0.648. The lowest BCUT2D eigenvalue weighted by molar-refractivity contribution is 0.212. The van der Waals surface area contributed by atoms with Crippen LogP contribution in [0.5, 0.6) is 0 Å². The lowest BCUT2D eigenvalue weighted by atomic mass is 9.73. The third kappa shape index (κ3) is 2.90. The molecule has 3 heteroatoms. The van der Waals surface area contributed by atoms with Crippen molar-refractivity contribution < 1.29 is 0 Å². The summed E-state index contributed by atoms with van der Waals surface area (Å²) < 4.78 is 0. The number of pyridine rings is 1. The Morgan fingerprint density at radius 3 is 2.47 bits per heavy atom. The Balaban J connectivity index is 1.84. The number of anilines is 2. The van der Waals surface area contributed by atoms with Crippen molar-refractivity contribution in [3.8, 4) is 0 Å². The van der Waals surface area contributed by atoms with Crippen LogP contribution in [0.15, 0.2) is 18.3 Å². The highest BCUT2D eigenvalue weighted by Gasteiger charge is 2.30. The van der Waals surface area contributed by atoms with Gasteiger partial charge in [-0.1, -0.05) is 13.8 Å². The molecule has 0 atom stereocenters. The second kappa shape index (κ2) is 4.94. The third-order valence-electron chi connectivity index (χ3n) is 3.69. The average molecular weight is 233 g/mol. The van der Waals surface area contributed by atoms with E-state index in [4.69, 9.17) is 0 Å². The van der Waals surface area contributed by atoms with Crippen LogP contribution in [-0.2, 0) is 0 Å². The van der Waals surface area contributed by atoms with Crippen LogP contribution in [0.3, 0.4) is 0 Å². The summed E-state index contributed by atoms with van der Waals surface area (Å²) in [7, 11) is 4.02. The number of hydrogen-bond acceptors (Lipinski definition) is 3. The first-order chi connectivity index (χ1) is 8.06. The Morgan fingerprint density at radius 2 is 2.00 bits per heavy atom. The van der Waals surface area contributed by atoms with E-state index in [1.54, 1.807) is 0 Å². The molecule has 0 saturated heterocycles. The highest BCUT2D eigenvalue weighted by molar-refractivity contribution is 5.48. The Kier molecular flexibility index (Phi) is 3.55. The standard InChI is InChI=1S/C14H23N3/c1-10(2)11-7-13(8-11)16-12-5-6-14(15-9-12)17(3)4/h5-6,9-11,13,16H,7-8H2,1-4H3. The number of hydrogen-bond donors (Lipinski definition) is 1. The molecule has 1 aromatic rings. The molecule has 17 heavy (non-hydrogen) atoms. The van der Waals surface area contributed by atoms with Crippen molar-refractivity contribution in [2.75, 3.05) is 24.3 Å². The lowest BCUT2D eigenvalue weighted by Crippen LogP contribution is -2.37. The molecule has 3 nitrogen and oxygen atoms in total. The minimum Gasteiger partial charge on any atom is -0.381 e. The van der Waals surface area contributed by atoms with E-state index in [9.17, 15) is 0 Å². The quantitative estimate of drug-likeness (QED) is 0.866. The SMILES string of the molecule is CC(C)C1CC(Nc2ccc(N(C)C)nc2)C1. The molecule has 1 fully saturated rings. The molecular formula is C14H23N3. The van der Waals surface area contributed by atoms with Crippen LogP contribution >= 0.6 is 0 Å². The topological polar surface area (TPSA) is 28.2 Å². The zero-order chi connectivity index (χ0) is 12.4. The van der Waals surface area contributed by atoms with E-state index in [1.165, 1.54) is 12.8 Å². The molecule has 0 radical (unpaired) electrons. The monoisotopic (exact) mass is 233 g/mol. The first kappa shape index (κ1) is 12.2. The van der Waals surface area contributed by atoms with Crippen LogP contribution in [0, 0.1) is 11.8 Å². The van der Waals surface area contributed by atoms with Crippen molar-refractivity contribution in [1.82, 2.24) is 4.98 Å². The second-order valence-corrected chi connectivity index (χ2v) is 5.62. The minimum absolute atomic E-state index is 0.648. The van der Waals surface area contributed by atoms with Crippen LogP contribution < -0.4 is 10.2 Å². The Morgan fingerprint density at radius 1 is 1.29 bits per heavy atom. The van der Waals surface area contributed by atoms with Gasteiger partial charge >= 0.3 is 0 Å². The molecule has 94 valence electrons. The van der Waals surface area contributed by atoms with Gasteiger partial charge in [0.25, 0.3) is 0 Å². The van der Waals surface area contributed by atoms with Crippen LogP contribution in [0.2, 0.25) is 0 Å². The van der Waals surface area contributed by atoms with E-state index in [1.807, 2.05) is 25.2 Å². The molecular weight excluding hydrogens is 210 g/mol. The van der Waals surface area contributed by atoms with E-state index in [0.717, 1.165) is 23.3 Å². The second-order valence-electron chi connectivity index (χ2n) is 5.62. The van der Waals surface area contributed by atoms with E-state index in [2.05, 4.69) is 36.3 Å². The van der Waals surface area contributed by atoms with Crippen molar-refractivity contribution in [2.45, 2.75) is 32.7 Å². The van der Waals surface area contributed by atoms with E-state index >= 15 is 0 Å². The summed E-state index contributed by atoms with van der Waals surface area (Å²) in [5, 5.41) is 3.55. The summed E-state index contributed by atoms with van der Waals surface area (Å²) in [6.45, 7) is 4.63. The van der Waals surface area contributed by atoms with Gasteiger partial charge in [-0.05, 0) is 36.8 Å². The van der Waals surface area contributed by atoms with Gasteiger partial charge in [0.1, 0.15) is 5.82 Å². The predicted octanol–water partition coefficient (Wildman–Crippen LogP) is 2.99. The summed E-state index contributed by atoms with van der Waals surface area (Å²) in [6, 6.07) is 4.82. The van der Waals surface area contributed by atoms with Gasteiger partial charge in [0, 0.05) is 20.1 Å². The first-order valence-corrected chi connectivity index (χ1v) is 6.46. The summed E-state index contributed by atoms with van der Waals surface area (Å²) in [5.41, 5.74) is 1.14. The summed E-state index contributed by atoms with van der Waals surface area (Å²) in [4.78, 5) is 6.42. The van der Waals surface area contributed by atoms with Crippen LogP contribution in [0.1, 0.15) is 26.7 Å². The Labute approximate surface area is 104 Å². The van der Waals surface area contributed by atoms with Crippen molar-refractivity contribution in [3.63, 3.8) is 0 Å². The molecule has 0 bridgehead atoms. The number of aromatic nitrogens is 1. The van der Waals surface area contributed by atoms with Gasteiger partial charge in [0.15, 0.2) is 0 Å². The molecule has 1 saturated carbocycles. The molecule has 1 aromatic heterocycles. The number of nitrogens with zero attached hydrogens (tertiary/aromatic N) is 2. The maximum absolute atomic E-state index is 4.41. The number of nitrogens with one attached hydrogen (secondary N) is 1. The Hall–Kier alpha value is -1.25. The summed E-state index contributed by atoms with van der Waals surface area (Å²) in [5.74, 6) is 2.73. The average Bonchev–Trinajstić information content (AvgIpc) is 2.23. The molecule has 0 spiro atoms. The molecule has 2 rings (SSSR count). The molecule has 0 amide bonds. The first-order valence-electron chi connectivity index (χ1n) is 6.46. The van der Waals surface area contributed by atoms with Gasteiger partial charge in [-0.25, -0.2) is 4.98 Å². The normalized spacial score (nSPS) is 23.4. The van der Waals surface area contributed by atoms with Gasteiger partial charge in [-0.2, -0.15) is 0 Å². The third-order valence-corrected chi connectivity index (χ3v) is 3.69. The predicted molar refractivity (Wildman–Crippen MR) is 73.5 cm³/mol. The van der Waals surface area contributed by atoms with Gasteiger partial charge < -0.3 is 10.2 Å². The molecule has 1 N–H and O–H groups in total. The molecule has 0 unspecified atom stereocenters. The van der Waals surface area contributed by atoms with Crippen molar-refractivity contribution >= 4 is 11.5 Å². The van der Waals surface area contributed by atoms with Crippen LogP contribution in [0.25, 0.3) is 0 Å². The fourth-order valence-electron chi connectivity index (χ4n) is 2.30. The van der Waals surface area contributed by atoms with Gasteiger partial charge in [0.2, 0.25) is 0 Å². The summed E-state index contributed by atoms with van der Waals surface area (Å²) >= 11 is 0. The molecule has 1 aliphatic rings. The fourth-order valence-corrected chi connectivity index (χ4v) is 2.30. The summed E-state index contributed by atoms with van der Waals surface area (Å²) in [6.07, 6.45) is 4.53. The zero-order valence-electron chi connectivity index (χ0n) is 11.3. The fraction of sp³-hybridized carbons (Fsp3) is 0.643. The van der Waals surface area contributed by atoms with Gasteiger partial charge in [-0.3, -0.25) is 0 Å². The number of rotatable bonds is 4. The van der Waals surface area contributed by atoms with Crippen molar-refractivity contribution in [2.24, 2.45) is 11.8 Å². The smallest absolute Gasteiger partial charge is 0.128 e. The largest absolute Gasteiger partial charge is 0.381 e. The maximum Gasteiger partial charge on any atom is 0.128 e. The van der Waals surface area contributed by atoms with Crippen molar-refractivity contribution in [3.05, 3.63) is 18.3 Å². The van der Waals surface area contributed by atoms with Gasteiger partial charge in [0.05, 0.1) is 11.9 Å². The van der Waals surface area contributed by atoms with E-state index in [-0.39, 0.29) is 0 Å².